The first kappa shape index (κ1) is 17.5. The van der Waals surface area contributed by atoms with Crippen LogP contribution in [0.25, 0.3) is 0 Å². The first-order chi connectivity index (χ1) is 11.3. The van der Waals surface area contributed by atoms with E-state index >= 15 is 0 Å². The molecule has 1 fully saturated rings. The number of aliphatic hydroxyl groups is 1. The summed E-state index contributed by atoms with van der Waals surface area (Å²) < 4.78 is 17.0. The number of hydrogen-bond acceptors (Lipinski definition) is 5. The molecular formula is C19H29NO4. The fourth-order valence-corrected chi connectivity index (χ4v) is 3.88. The lowest BCUT2D eigenvalue weighted by Crippen LogP contribution is -2.53. The number of methoxy groups -OCH3 is 2. The minimum Gasteiger partial charge on any atom is -0.493 e. The second-order valence-electron chi connectivity index (χ2n) is 7.74. The van der Waals surface area contributed by atoms with Crippen LogP contribution in [0.15, 0.2) is 12.1 Å². The molecule has 0 radical (unpaired) electrons. The summed E-state index contributed by atoms with van der Waals surface area (Å²) in [5.41, 5.74) is 2.28. The molecule has 0 saturated carbocycles. The van der Waals surface area contributed by atoms with E-state index in [4.69, 9.17) is 14.2 Å². The molecule has 2 heterocycles. The van der Waals surface area contributed by atoms with Crippen LogP contribution in [0.5, 0.6) is 11.5 Å². The Bertz CT molecular complexity index is 596. The molecular weight excluding hydrogens is 306 g/mol. The monoisotopic (exact) mass is 335 g/mol. The number of rotatable bonds is 3. The molecule has 1 aromatic carbocycles. The molecule has 0 bridgehead atoms. The molecule has 2 aliphatic rings. The molecule has 0 amide bonds. The maximum Gasteiger partial charge on any atom is 0.161 e. The van der Waals surface area contributed by atoms with Crippen LogP contribution in [0.3, 0.4) is 0 Å². The molecule has 1 saturated heterocycles. The number of nitrogens with zero attached hydrogens (tertiary/aromatic N) is 1. The van der Waals surface area contributed by atoms with Crippen LogP contribution in [-0.2, 0) is 11.2 Å². The second kappa shape index (κ2) is 6.54. The van der Waals surface area contributed by atoms with E-state index in [-0.39, 0.29) is 17.7 Å². The highest BCUT2D eigenvalue weighted by Gasteiger charge is 2.40. The number of ether oxygens (including phenoxy) is 3. The zero-order valence-corrected chi connectivity index (χ0v) is 15.3. The van der Waals surface area contributed by atoms with Crippen molar-refractivity contribution in [3.8, 4) is 11.5 Å². The molecule has 5 heteroatoms. The molecule has 1 N–H and O–H groups in total. The maximum atomic E-state index is 10.6. The SMILES string of the molecule is COc1cc2c(cc1OC)[C@H]1C[C@H](O)[C@H](OC(C)(C)C)CN1CC2. The van der Waals surface area contributed by atoms with Gasteiger partial charge in [-0.05, 0) is 56.9 Å². The highest BCUT2D eigenvalue weighted by atomic mass is 16.5. The quantitative estimate of drug-likeness (QED) is 0.920. The van der Waals surface area contributed by atoms with Gasteiger partial charge in [0.2, 0.25) is 0 Å². The summed E-state index contributed by atoms with van der Waals surface area (Å²) in [6, 6.07) is 4.36. The maximum absolute atomic E-state index is 10.6. The summed E-state index contributed by atoms with van der Waals surface area (Å²) in [6.45, 7) is 7.85. The third kappa shape index (κ3) is 3.39. The van der Waals surface area contributed by atoms with Crippen molar-refractivity contribution in [3.63, 3.8) is 0 Å². The van der Waals surface area contributed by atoms with Gasteiger partial charge in [-0.15, -0.1) is 0 Å². The molecule has 24 heavy (non-hydrogen) atoms. The normalized spacial score (nSPS) is 27.3. The standard InChI is InChI=1S/C19H29NO4/c1-19(2,3)24-18-11-20-7-6-12-8-16(22-4)17(23-5)9-13(12)14(20)10-15(18)21/h8-9,14-15,18,21H,6-7,10-11H2,1-5H3/t14-,15+,18-/m1/s1. The topological polar surface area (TPSA) is 51.2 Å². The molecule has 0 aliphatic carbocycles. The van der Waals surface area contributed by atoms with Gasteiger partial charge >= 0.3 is 0 Å². The van der Waals surface area contributed by atoms with E-state index in [2.05, 4.69) is 17.0 Å². The lowest BCUT2D eigenvalue weighted by molar-refractivity contribution is -0.149. The van der Waals surface area contributed by atoms with E-state index in [0.29, 0.717) is 6.42 Å². The number of piperidine rings is 1. The summed E-state index contributed by atoms with van der Waals surface area (Å²) in [6.07, 6.45) is 1.07. The molecule has 3 atom stereocenters. The van der Waals surface area contributed by atoms with Crippen LogP contribution in [0.2, 0.25) is 0 Å². The summed E-state index contributed by atoms with van der Waals surface area (Å²) in [4.78, 5) is 2.43. The van der Waals surface area contributed by atoms with Gasteiger partial charge in [-0.1, -0.05) is 0 Å². The van der Waals surface area contributed by atoms with Crippen molar-refractivity contribution in [1.82, 2.24) is 4.90 Å². The Morgan fingerprint density at radius 1 is 1.12 bits per heavy atom. The zero-order valence-electron chi connectivity index (χ0n) is 15.3. The molecule has 5 nitrogen and oxygen atoms in total. The third-order valence-electron chi connectivity index (χ3n) is 4.93. The minimum atomic E-state index is -0.454. The number of aliphatic hydroxyl groups excluding tert-OH is 1. The van der Waals surface area contributed by atoms with Gasteiger partial charge in [0.05, 0.1) is 32.0 Å². The highest BCUT2D eigenvalue weighted by molar-refractivity contribution is 5.49. The summed E-state index contributed by atoms with van der Waals surface area (Å²) in [7, 11) is 3.33. The lowest BCUT2D eigenvalue weighted by atomic mass is 9.84. The van der Waals surface area contributed by atoms with Crippen molar-refractivity contribution in [1.29, 1.82) is 0 Å². The second-order valence-corrected chi connectivity index (χ2v) is 7.74. The van der Waals surface area contributed by atoms with Gasteiger partial charge in [-0.3, -0.25) is 4.90 Å². The summed E-state index contributed by atoms with van der Waals surface area (Å²) >= 11 is 0. The molecule has 0 aromatic heterocycles. The van der Waals surface area contributed by atoms with Crippen molar-refractivity contribution < 1.29 is 19.3 Å². The van der Waals surface area contributed by atoms with Gasteiger partial charge in [0.25, 0.3) is 0 Å². The number of benzene rings is 1. The van der Waals surface area contributed by atoms with Crippen molar-refractivity contribution in [2.45, 2.75) is 57.5 Å². The number of fused-ring (bicyclic) bond motifs is 3. The van der Waals surface area contributed by atoms with E-state index in [1.54, 1.807) is 14.2 Å². The van der Waals surface area contributed by atoms with E-state index in [1.165, 1.54) is 11.1 Å². The van der Waals surface area contributed by atoms with Crippen LogP contribution < -0.4 is 9.47 Å². The zero-order chi connectivity index (χ0) is 17.5. The molecule has 3 rings (SSSR count). The Labute approximate surface area is 144 Å². The first-order valence-electron chi connectivity index (χ1n) is 8.67. The summed E-state index contributed by atoms with van der Waals surface area (Å²) in [5, 5.41) is 10.6. The molecule has 1 aromatic rings. The van der Waals surface area contributed by atoms with Crippen molar-refractivity contribution in [3.05, 3.63) is 23.3 Å². The first-order valence-corrected chi connectivity index (χ1v) is 8.67. The molecule has 0 unspecified atom stereocenters. The van der Waals surface area contributed by atoms with Gasteiger partial charge in [0, 0.05) is 19.1 Å². The van der Waals surface area contributed by atoms with Crippen molar-refractivity contribution >= 4 is 0 Å². The Morgan fingerprint density at radius 2 is 1.79 bits per heavy atom. The third-order valence-corrected chi connectivity index (χ3v) is 4.93. The highest BCUT2D eigenvalue weighted by Crippen LogP contribution is 2.42. The Kier molecular flexibility index (Phi) is 4.78. The van der Waals surface area contributed by atoms with Gasteiger partial charge in [-0.25, -0.2) is 0 Å². The molecule has 2 aliphatic heterocycles. The lowest BCUT2D eigenvalue weighted by Gasteiger charge is -2.46. The van der Waals surface area contributed by atoms with Gasteiger partial charge in [0.1, 0.15) is 0 Å². The van der Waals surface area contributed by atoms with E-state index in [9.17, 15) is 5.11 Å². The Balaban J connectivity index is 1.86. The predicted molar refractivity (Wildman–Crippen MR) is 92.8 cm³/mol. The van der Waals surface area contributed by atoms with E-state index in [0.717, 1.165) is 31.0 Å². The average molecular weight is 335 g/mol. The van der Waals surface area contributed by atoms with Crippen LogP contribution >= 0.6 is 0 Å². The van der Waals surface area contributed by atoms with Gasteiger partial charge in [0.15, 0.2) is 11.5 Å². The van der Waals surface area contributed by atoms with Crippen LogP contribution in [0, 0.1) is 0 Å². The summed E-state index contributed by atoms with van der Waals surface area (Å²) in [5.74, 6) is 1.52. The Hall–Kier alpha value is -1.30. The van der Waals surface area contributed by atoms with Crippen LogP contribution in [0.4, 0.5) is 0 Å². The molecule has 134 valence electrons. The predicted octanol–water partition coefficient (Wildman–Crippen LogP) is 2.55. The fraction of sp³-hybridized carbons (Fsp3) is 0.684. The average Bonchev–Trinajstić information content (AvgIpc) is 2.53. The van der Waals surface area contributed by atoms with Crippen molar-refractivity contribution in [2.24, 2.45) is 0 Å². The largest absolute Gasteiger partial charge is 0.493 e. The Morgan fingerprint density at radius 3 is 2.42 bits per heavy atom. The van der Waals surface area contributed by atoms with Crippen LogP contribution in [0.1, 0.15) is 44.4 Å². The molecule has 0 spiro atoms. The van der Waals surface area contributed by atoms with Gasteiger partial charge < -0.3 is 19.3 Å². The van der Waals surface area contributed by atoms with E-state index < -0.39 is 6.10 Å². The van der Waals surface area contributed by atoms with Gasteiger partial charge in [-0.2, -0.15) is 0 Å². The number of hydrogen-bond donors (Lipinski definition) is 1. The fourth-order valence-electron chi connectivity index (χ4n) is 3.88. The van der Waals surface area contributed by atoms with E-state index in [1.807, 2.05) is 20.8 Å². The van der Waals surface area contributed by atoms with Crippen molar-refractivity contribution in [2.75, 3.05) is 27.3 Å². The smallest absolute Gasteiger partial charge is 0.161 e. The minimum absolute atomic E-state index is 0.136. The van der Waals surface area contributed by atoms with Crippen LogP contribution in [-0.4, -0.2) is 55.1 Å².